The van der Waals surface area contributed by atoms with Crippen molar-refractivity contribution in [3.8, 4) is 5.75 Å². The highest BCUT2D eigenvalue weighted by Gasteiger charge is 2.34. The monoisotopic (exact) mass is 340 g/mol. The Morgan fingerprint density at radius 2 is 1.84 bits per heavy atom. The molecule has 0 aliphatic carbocycles. The molecule has 0 aliphatic rings. The highest BCUT2D eigenvalue weighted by molar-refractivity contribution is 9.10. The summed E-state index contributed by atoms with van der Waals surface area (Å²) in [5, 5.41) is 18.6. The third-order valence-corrected chi connectivity index (χ3v) is 3.40. The average molecular weight is 341 g/mol. The highest BCUT2D eigenvalue weighted by Crippen LogP contribution is 2.39. The molecule has 0 bridgehead atoms. The van der Waals surface area contributed by atoms with Crippen LogP contribution in [0.5, 0.6) is 5.75 Å². The van der Waals surface area contributed by atoms with Gasteiger partial charge >= 0.3 is 12.1 Å². The summed E-state index contributed by atoms with van der Waals surface area (Å²) in [6, 6.07) is 1.42. The first-order valence-corrected chi connectivity index (χ1v) is 6.06. The van der Waals surface area contributed by atoms with E-state index in [4.69, 9.17) is 5.11 Å². The summed E-state index contributed by atoms with van der Waals surface area (Å²) in [6.07, 6.45) is -4.66. The van der Waals surface area contributed by atoms with E-state index in [0.29, 0.717) is 6.07 Å². The highest BCUT2D eigenvalue weighted by atomic mass is 79.9. The van der Waals surface area contributed by atoms with Crippen LogP contribution in [-0.4, -0.2) is 16.2 Å². The number of hydrogen-bond donors (Lipinski definition) is 2. The number of carboxylic acid groups (broad SMARTS) is 1. The first-order valence-electron chi connectivity index (χ1n) is 5.27. The second-order valence-electron chi connectivity index (χ2n) is 4.82. The number of aromatic hydroxyl groups is 1. The van der Waals surface area contributed by atoms with Crippen molar-refractivity contribution in [1.82, 2.24) is 0 Å². The van der Waals surface area contributed by atoms with Crippen LogP contribution in [0.1, 0.15) is 25.0 Å². The minimum Gasteiger partial charge on any atom is -0.508 e. The maximum absolute atomic E-state index is 12.5. The Hall–Kier alpha value is -1.24. The number of hydrogen-bond acceptors (Lipinski definition) is 2. The summed E-state index contributed by atoms with van der Waals surface area (Å²) in [5.74, 6) is -1.67. The first-order chi connectivity index (χ1) is 8.45. The van der Waals surface area contributed by atoms with Crippen LogP contribution in [-0.2, 0) is 17.4 Å². The fourth-order valence-electron chi connectivity index (χ4n) is 1.48. The van der Waals surface area contributed by atoms with Crippen molar-refractivity contribution in [2.24, 2.45) is 5.41 Å². The molecular formula is C12H12BrF3O3. The number of aliphatic carboxylic acids is 1. The molecule has 0 atom stereocenters. The summed E-state index contributed by atoms with van der Waals surface area (Å²) in [6.45, 7) is 2.86. The minimum absolute atomic E-state index is 0.0363. The van der Waals surface area contributed by atoms with Gasteiger partial charge in [-0.2, -0.15) is 13.2 Å². The molecule has 0 radical (unpaired) electrons. The van der Waals surface area contributed by atoms with E-state index in [9.17, 15) is 23.1 Å². The molecule has 0 amide bonds. The fourth-order valence-corrected chi connectivity index (χ4v) is 2.07. The number of phenolic OH excluding ortho intramolecular Hbond substituents is 1. The van der Waals surface area contributed by atoms with E-state index in [1.165, 1.54) is 13.8 Å². The summed E-state index contributed by atoms with van der Waals surface area (Å²) in [7, 11) is 0. The SMILES string of the molecule is CC(C)(Cc1c(O)cc(C(F)(F)F)cc1Br)C(=O)O. The smallest absolute Gasteiger partial charge is 0.416 e. The topological polar surface area (TPSA) is 57.5 Å². The van der Waals surface area contributed by atoms with Crippen molar-refractivity contribution in [3.05, 3.63) is 27.7 Å². The number of carbonyl (C=O) groups is 1. The van der Waals surface area contributed by atoms with E-state index in [-0.39, 0.29) is 16.5 Å². The molecule has 7 heteroatoms. The lowest BCUT2D eigenvalue weighted by molar-refractivity contribution is -0.147. The number of rotatable bonds is 3. The molecule has 0 heterocycles. The van der Waals surface area contributed by atoms with Crippen molar-refractivity contribution < 1.29 is 28.2 Å². The number of carboxylic acids is 1. The first kappa shape index (κ1) is 15.8. The van der Waals surface area contributed by atoms with E-state index in [0.717, 1.165) is 6.07 Å². The number of alkyl halides is 3. The molecular weight excluding hydrogens is 329 g/mol. The largest absolute Gasteiger partial charge is 0.508 e. The standard InChI is InChI=1S/C12H12BrF3O3/c1-11(2,10(18)19)5-7-8(13)3-6(4-9(7)17)12(14,15)16/h3-4,17H,5H2,1-2H3,(H,18,19). The van der Waals surface area contributed by atoms with Crippen LogP contribution in [0.2, 0.25) is 0 Å². The van der Waals surface area contributed by atoms with E-state index in [1.807, 2.05) is 0 Å². The summed E-state index contributed by atoms with van der Waals surface area (Å²) >= 11 is 2.94. The van der Waals surface area contributed by atoms with Gasteiger partial charge in [0.2, 0.25) is 0 Å². The molecule has 0 unspecified atom stereocenters. The predicted molar refractivity (Wildman–Crippen MR) is 65.9 cm³/mol. The van der Waals surface area contributed by atoms with Gasteiger partial charge in [-0.25, -0.2) is 0 Å². The number of phenols is 1. The van der Waals surface area contributed by atoms with Gasteiger partial charge in [0, 0.05) is 10.0 Å². The van der Waals surface area contributed by atoms with Gasteiger partial charge in [-0.05, 0) is 32.4 Å². The molecule has 19 heavy (non-hydrogen) atoms. The second-order valence-corrected chi connectivity index (χ2v) is 5.67. The third-order valence-electron chi connectivity index (χ3n) is 2.70. The molecule has 0 saturated heterocycles. The van der Waals surface area contributed by atoms with Gasteiger partial charge in [0.05, 0.1) is 11.0 Å². The van der Waals surface area contributed by atoms with Gasteiger partial charge < -0.3 is 10.2 Å². The average Bonchev–Trinajstić information content (AvgIpc) is 2.21. The normalized spacial score (nSPS) is 12.5. The zero-order valence-electron chi connectivity index (χ0n) is 10.2. The number of benzene rings is 1. The van der Waals surface area contributed by atoms with Crippen LogP contribution in [0.4, 0.5) is 13.2 Å². The molecule has 2 N–H and O–H groups in total. The Morgan fingerprint density at radius 3 is 2.21 bits per heavy atom. The molecule has 106 valence electrons. The maximum atomic E-state index is 12.5. The Bertz CT molecular complexity index is 486. The Balaban J connectivity index is 3.22. The third kappa shape index (κ3) is 3.62. The molecule has 1 aromatic carbocycles. The van der Waals surface area contributed by atoms with Gasteiger partial charge in [0.1, 0.15) is 5.75 Å². The fraction of sp³-hybridized carbons (Fsp3) is 0.417. The molecule has 1 rings (SSSR count). The Labute approximate surface area is 116 Å². The summed E-state index contributed by atoms with van der Waals surface area (Å²) in [5.41, 5.74) is -2.05. The van der Waals surface area contributed by atoms with Crippen molar-refractivity contribution in [2.45, 2.75) is 26.4 Å². The zero-order chi connectivity index (χ0) is 15.0. The van der Waals surface area contributed by atoms with Crippen molar-refractivity contribution in [2.75, 3.05) is 0 Å². The zero-order valence-corrected chi connectivity index (χ0v) is 11.8. The molecule has 0 aromatic heterocycles. The van der Waals surface area contributed by atoms with Gasteiger partial charge in [-0.1, -0.05) is 15.9 Å². The molecule has 0 aliphatic heterocycles. The number of halogens is 4. The van der Waals surface area contributed by atoms with Crippen LogP contribution >= 0.6 is 15.9 Å². The van der Waals surface area contributed by atoms with Crippen molar-refractivity contribution in [3.63, 3.8) is 0 Å². The lowest BCUT2D eigenvalue weighted by Crippen LogP contribution is -2.26. The predicted octanol–water partition coefficient (Wildman–Crippen LogP) is 3.83. The van der Waals surface area contributed by atoms with Gasteiger partial charge in [-0.15, -0.1) is 0 Å². The van der Waals surface area contributed by atoms with E-state index >= 15 is 0 Å². The molecule has 3 nitrogen and oxygen atoms in total. The van der Waals surface area contributed by atoms with E-state index in [2.05, 4.69) is 15.9 Å². The van der Waals surface area contributed by atoms with E-state index < -0.39 is 28.9 Å². The van der Waals surface area contributed by atoms with Gasteiger partial charge in [0.15, 0.2) is 0 Å². The Kier molecular flexibility index (Phi) is 4.19. The molecule has 0 saturated carbocycles. The van der Waals surface area contributed by atoms with Crippen LogP contribution in [0.3, 0.4) is 0 Å². The van der Waals surface area contributed by atoms with E-state index in [1.54, 1.807) is 0 Å². The molecule has 1 aromatic rings. The summed E-state index contributed by atoms with van der Waals surface area (Å²) in [4.78, 5) is 11.0. The Morgan fingerprint density at radius 1 is 1.32 bits per heavy atom. The van der Waals surface area contributed by atoms with Crippen LogP contribution in [0.25, 0.3) is 0 Å². The van der Waals surface area contributed by atoms with Crippen LogP contribution in [0.15, 0.2) is 16.6 Å². The maximum Gasteiger partial charge on any atom is 0.416 e. The second kappa shape index (κ2) is 5.03. The van der Waals surface area contributed by atoms with Crippen LogP contribution < -0.4 is 0 Å². The minimum atomic E-state index is -4.57. The molecule has 0 spiro atoms. The van der Waals surface area contributed by atoms with Crippen molar-refractivity contribution >= 4 is 21.9 Å². The lowest BCUT2D eigenvalue weighted by atomic mass is 9.85. The quantitative estimate of drug-likeness (QED) is 0.879. The van der Waals surface area contributed by atoms with Crippen molar-refractivity contribution in [1.29, 1.82) is 0 Å². The van der Waals surface area contributed by atoms with Crippen LogP contribution in [0, 0.1) is 5.41 Å². The lowest BCUT2D eigenvalue weighted by Gasteiger charge is -2.21. The van der Waals surface area contributed by atoms with Gasteiger partial charge in [0.25, 0.3) is 0 Å². The van der Waals surface area contributed by atoms with Gasteiger partial charge in [-0.3, -0.25) is 4.79 Å². The summed E-state index contributed by atoms with van der Waals surface area (Å²) < 4.78 is 37.6. The molecule has 0 fully saturated rings.